The van der Waals surface area contributed by atoms with Gasteiger partial charge in [0, 0.05) is 31.2 Å². The van der Waals surface area contributed by atoms with Crippen molar-refractivity contribution in [3.63, 3.8) is 0 Å². The predicted molar refractivity (Wildman–Crippen MR) is 102 cm³/mol. The normalized spacial score (nSPS) is 15.5. The van der Waals surface area contributed by atoms with Gasteiger partial charge in [-0.3, -0.25) is 9.59 Å². The molecule has 1 saturated heterocycles. The molecule has 1 atom stereocenters. The van der Waals surface area contributed by atoms with E-state index in [1.54, 1.807) is 12.1 Å². The van der Waals surface area contributed by atoms with Gasteiger partial charge in [0.25, 0.3) is 11.8 Å². The highest BCUT2D eigenvalue weighted by Gasteiger charge is 2.18. The van der Waals surface area contributed by atoms with Gasteiger partial charge in [0.05, 0.1) is 0 Å². The second-order valence-corrected chi connectivity index (χ2v) is 7.19. The molecule has 0 aliphatic carbocycles. The summed E-state index contributed by atoms with van der Waals surface area (Å²) in [5.41, 5.74) is 8.01. The monoisotopic (exact) mass is 361 g/mol. The van der Waals surface area contributed by atoms with Crippen LogP contribution in [-0.4, -0.2) is 49.0 Å². The summed E-state index contributed by atoms with van der Waals surface area (Å²) < 4.78 is 5.79. The molecule has 6 nitrogen and oxygen atoms in total. The fourth-order valence-electron chi connectivity index (χ4n) is 3.19. The van der Waals surface area contributed by atoms with Crippen LogP contribution in [0.5, 0.6) is 5.75 Å². The maximum absolute atomic E-state index is 12.3. The summed E-state index contributed by atoms with van der Waals surface area (Å²) in [5, 5.41) is 2.88. The van der Waals surface area contributed by atoms with Crippen LogP contribution in [0.2, 0.25) is 0 Å². The molecule has 1 aliphatic heterocycles. The summed E-state index contributed by atoms with van der Waals surface area (Å²) in [6.45, 7) is 7.94. The zero-order valence-electron chi connectivity index (χ0n) is 16.1. The van der Waals surface area contributed by atoms with Crippen molar-refractivity contribution in [2.75, 3.05) is 26.2 Å². The summed E-state index contributed by atoms with van der Waals surface area (Å²) in [4.78, 5) is 26.4. The number of likely N-dealkylation sites (tertiary alicyclic amines) is 1. The third kappa shape index (κ3) is 5.73. The summed E-state index contributed by atoms with van der Waals surface area (Å²) >= 11 is 0. The molecular formula is C20H31N3O3. The lowest BCUT2D eigenvalue weighted by atomic mass is 10.0. The minimum Gasteiger partial charge on any atom is -0.483 e. The van der Waals surface area contributed by atoms with Crippen molar-refractivity contribution in [1.29, 1.82) is 0 Å². The van der Waals surface area contributed by atoms with Crippen LogP contribution in [0.4, 0.5) is 0 Å². The summed E-state index contributed by atoms with van der Waals surface area (Å²) in [6, 6.07) is 3.66. The van der Waals surface area contributed by atoms with E-state index in [1.807, 2.05) is 25.7 Å². The number of piperidine rings is 1. The maximum Gasteiger partial charge on any atom is 0.260 e. The van der Waals surface area contributed by atoms with Crippen molar-refractivity contribution >= 4 is 11.8 Å². The number of amides is 2. The standard InChI is InChI=1S/C20H31N3O3/c1-14-11-17(20(25)22-8-7-16(3)21)12-15(2)19(14)26-13-18(24)23-9-5-4-6-10-23/h11-12,16H,4-10,13,21H2,1-3H3,(H,22,25). The lowest BCUT2D eigenvalue weighted by Crippen LogP contribution is -2.38. The van der Waals surface area contributed by atoms with Crippen LogP contribution in [0.1, 0.15) is 54.1 Å². The largest absolute Gasteiger partial charge is 0.483 e. The van der Waals surface area contributed by atoms with Gasteiger partial charge in [0.15, 0.2) is 6.61 Å². The second-order valence-electron chi connectivity index (χ2n) is 7.19. The Morgan fingerprint density at radius 2 is 1.81 bits per heavy atom. The smallest absolute Gasteiger partial charge is 0.260 e. The molecule has 2 rings (SSSR count). The third-order valence-corrected chi connectivity index (χ3v) is 4.66. The number of hydrogen-bond donors (Lipinski definition) is 2. The van der Waals surface area contributed by atoms with Crippen LogP contribution in [-0.2, 0) is 4.79 Å². The summed E-state index contributed by atoms with van der Waals surface area (Å²) in [7, 11) is 0. The highest BCUT2D eigenvalue weighted by atomic mass is 16.5. The first kappa shape index (κ1) is 20.2. The van der Waals surface area contributed by atoms with E-state index in [9.17, 15) is 9.59 Å². The first-order valence-electron chi connectivity index (χ1n) is 9.44. The third-order valence-electron chi connectivity index (χ3n) is 4.66. The molecule has 1 aromatic rings. The van der Waals surface area contributed by atoms with Crippen molar-refractivity contribution in [3.8, 4) is 5.75 Å². The van der Waals surface area contributed by atoms with E-state index in [2.05, 4.69) is 5.32 Å². The van der Waals surface area contributed by atoms with Gasteiger partial charge in [-0.15, -0.1) is 0 Å². The zero-order valence-corrected chi connectivity index (χ0v) is 16.1. The molecule has 2 amide bonds. The summed E-state index contributed by atoms with van der Waals surface area (Å²) in [5.74, 6) is 0.594. The number of nitrogens with two attached hydrogens (primary N) is 1. The molecule has 1 aromatic carbocycles. The van der Waals surface area contributed by atoms with E-state index in [0.29, 0.717) is 17.9 Å². The average molecular weight is 361 g/mol. The topological polar surface area (TPSA) is 84.7 Å². The van der Waals surface area contributed by atoms with Crippen molar-refractivity contribution in [2.45, 2.75) is 52.5 Å². The molecule has 144 valence electrons. The Morgan fingerprint density at radius 1 is 1.19 bits per heavy atom. The van der Waals surface area contributed by atoms with Crippen LogP contribution in [0, 0.1) is 13.8 Å². The predicted octanol–water partition coefficient (Wildman–Crippen LogP) is 2.16. The van der Waals surface area contributed by atoms with Crippen molar-refractivity contribution in [3.05, 3.63) is 28.8 Å². The molecule has 1 heterocycles. The Bertz CT molecular complexity index is 614. The molecule has 3 N–H and O–H groups in total. The van der Waals surface area contributed by atoms with Gasteiger partial charge in [-0.25, -0.2) is 0 Å². The molecule has 0 saturated carbocycles. The maximum atomic E-state index is 12.3. The van der Waals surface area contributed by atoms with Gasteiger partial charge >= 0.3 is 0 Å². The molecular weight excluding hydrogens is 330 g/mol. The van der Waals surface area contributed by atoms with Gasteiger partial charge in [0.2, 0.25) is 0 Å². The van der Waals surface area contributed by atoms with E-state index in [4.69, 9.17) is 10.5 Å². The van der Waals surface area contributed by atoms with E-state index >= 15 is 0 Å². The Balaban J connectivity index is 1.95. The fourth-order valence-corrected chi connectivity index (χ4v) is 3.19. The minimum atomic E-state index is -0.118. The first-order valence-corrected chi connectivity index (χ1v) is 9.44. The van der Waals surface area contributed by atoms with Crippen molar-refractivity contribution in [1.82, 2.24) is 10.2 Å². The van der Waals surface area contributed by atoms with E-state index in [0.717, 1.165) is 43.5 Å². The minimum absolute atomic E-state index is 0.0289. The van der Waals surface area contributed by atoms with Crippen molar-refractivity contribution in [2.24, 2.45) is 5.73 Å². The van der Waals surface area contributed by atoms with Crippen LogP contribution in [0.15, 0.2) is 12.1 Å². The number of carbonyl (C=O) groups is 2. The number of ether oxygens (including phenoxy) is 1. The number of nitrogens with one attached hydrogen (secondary N) is 1. The van der Waals surface area contributed by atoms with E-state index < -0.39 is 0 Å². The second kappa shape index (κ2) is 9.57. The summed E-state index contributed by atoms with van der Waals surface area (Å²) in [6.07, 6.45) is 4.06. The van der Waals surface area contributed by atoms with Gasteiger partial charge in [-0.05, 0) is 69.7 Å². The molecule has 1 fully saturated rings. The highest BCUT2D eigenvalue weighted by Crippen LogP contribution is 2.25. The average Bonchev–Trinajstić information content (AvgIpc) is 2.61. The molecule has 1 unspecified atom stereocenters. The molecule has 1 aliphatic rings. The number of aryl methyl sites for hydroxylation is 2. The Labute approximate surface area is 156 Å². The lowest BCUT2D eigenvalue weighted by molar-refractivity contribution is -0.134. The van der Waals surface area contributed by atoms with Crippen LogP contribution in [0.3, 0.4) is 0 Å². The van der Waals surface area contributed by atoms with Gasteiger partial charge < -0.3 is 20.7 Å². The van der Waals surface area contributed by atoms with Gasteiger partial charge in [-0.1, -0.05) is 0 Å². The lowest BCUT2D eigenvalue weighted by Gasteiger charge is -2.26. The highest BCUT2D eigenvalue weighted by molar-refractivity contribution is 5.94. The molecule has 0 radical (unpaired) electrons. The number of rotatable bonds is 7. The number of hydrogen-bond acceptors (Lipinski definition) is 4. The van der Waals surface area contributed by atoms with Crippen LogP contribution < -0.4 is 15.8 Å². The number of benzene rings is 1. The van der Waals surface area contributed by atoms with Crippen molar-refractivity contribution < 1.29 is 14.3 Å². The Morgan fingerprint density at radius 3 is 2.38 bits per heavy atom. The van der Waals surface area contributed by atoms with Gasteiger partial charge in [-0.2, -0.15) is 0 Å². The number of nitrogens with zero attached hydrogens (tertiary/aromatic N) is 1. The zero-order chi connectivity index (χ0) is 19.1. The molecule has 0 aromatic heterocycles. The quantitative estimate of drug-likeness (QED) is 0.779. The van der Waals surface area contributed by atoms with E-state index in [-0.39, 0.29) is 24.5 Å². The first-order chi connectivity index (χ1) is 12.4. The molecule has 6 heteroatoms. The molecule has 0 spiro atoms. The Hall–Kier alpha value is -2.08. The molecule has 26 heavy (non-hydrogen) atoms. The Kier molecular flexibility index (Phi) is 7.45. The van der Waals surface area contributed by atoms with E-state index in [1.165, 1.54) is 6.42 Å². The SMILES string of the molecule is Cc1cc(C(=O)NCCC(C)N)cc(C)c1OCC(=O)N1CCCCC1. The molecule has 0 bridgehead atoms. The number of carbonyl (C=O) groups excluding carboxylic acids is 2. The fraction of sp³-hybridized carbons (Fsp3) is 0.600. The van der Waals surface area contributed by atoms with Crippen LogP contribution in [0.25, 0.3) is 0 Å². The van der Waals surface area contributed by atoms with Gasteiger partial charge in [0.1, 0.15) is 5.75 Å². The van der Waals surface area contributed by atoms with Crippen LogP contribution >= 0.6 is 0 Å².